The minimum Gasteiger partial charge on any atom is -0.439 e. The summed E-state index contributed by atoms with van der Waals surface area (Å²) in [5, 5.41) is 17.0. The first-order valence-corrected chi connectivity index (χ1v) is 7.27. The molecule has 8 heteroatoms. The summed E-state index contributed by atoms with van der Waals surface area (Å²) in [5.74, 6) is 0.765. The Kier molecular flexibility index (Phi) is 4.66. The van der Waals surface area contributed by atoms with Gasteiger partial charge in [-0.25, -0.2) is 9.37 Å². The molecule has 0 amide bonds. The van der Waals surface area contributed by atoms with Crippen molar-refractivity contribution in [2.24, 2.45) is 7.05 Å². The normalized spacial score (nSPS) is 12.0. The van der Waals surface area contributed by atoms with Gasteiger partial charge in [0.25, 0.3) is 0 Å². The summed E-state index contributed by atoms with van der Waals surface area (Å²) in [7, 11) is 1.78. The molecule has 2 aromatic heterocycles. The van der Waals surface area contributed by atoms with Crippen LogP contribution in [0.4, 0.5) is 10.3 Å². The van der Waals surface area contributed by atoms with Crippen molar-refractivity contribution in [2.75, 3.05) is 11.9 Å². The lowest BCUT2D eigenvalue weighted by Crippen LogP contribution is -2.13. The molecule has 3 aromatic rings. The van der Waals surface area contributed by atoms with Crippen LogP contribution in [0.1, 0.15) is 11.7 Å². The molecule has 0 aliphatic rings. The van der Waals surface area contributed by atoms with Crippen LogP contribution in [-0.4, -0.2) is 31.4 Å². The molecule has 0 fully saturated rings. The molecule has 24 heavy (non-hydrogen) atoms. The molecule has 2 heterocycles. The summed E-state index contributed by atoms with van der Waals surface area (Å²) in [4.78, 5) is 8.26. The third-order valence-electron chi connectivity index (χ3n) is 3.23. The number of aliphatic hydroxyl groups excluding tert-OH is 1. The lowest BCUT2D eigenvalue weighted by molar-refractivity contribution is 0.191. The number of halogens is 1. The van der Waals surface area contributed by atoms with E-state index >= 15 is 0 Å². The van der Waals surface area contributed by atoms with E-state index in [1.54, 1.807) is 30.2 Å². The van der Waals surface area contributed by atoms with E-state index in [0.717, 1.165) is 0 Å². The molecule has 0 aliphatic heterocycles. The van der Waals surface area contributed by atoms with Crippen molar-refractivity contribution in [3.05, 3.63) is 60.3 Å². The van der Waals surface area contributed by atoms with Crippen molar-refractivity contribution >= 4 is 5.95 Å². The van der Waals surface area contributed by atoms with E-state index in [2.05, 4.69) is 20.4 Å². The van der Waals surface area contributed by atoms with Crippen LogP contribution in [0.3, 0.4) is 0 Å². The third kappa shape index (κ3) is 4.05. The van der Waals surface area contributed by atoms with Gasteiger partial charge in [0.2, 0.25) is 11.8 Å². The second-order valence-electron chi connectivity index (χ2n) is 5.12. The Balaban J connectivity index is 1.61. The second-order valence-corrected chi connectivity index (χ2v) is 5.12. The van der Waals surface area contributed by atoms with Gasteiger partial charge in [-0.05, 0) is 24.3 Å². The first-order valence-electron chi connectivity index (χ1n) is 7.27. The van der Waals surface area contributed by atoms with E-state index in [-0.39, 0.29) is 12.4 Å². The summed E-state index contributed by atoms with van der Waals surface area (Å²) in [6, 6.07) is 7.22. The molecule has 0 aliphatic carbocycles. The first kappa shape index (κ1) is 15.9. The predicted octanol–water partition coefficient (Wildman–Crippen LogP) is 2.29. The van der Waals surface area contributed by atoms with Gasteiger partial charge in [-0.3, -0.25) is 4.68 Å². The molecule has 2 N–H and O–H groups in total. The maximum absolute atomic E-state index is 12.9. The van der Waals surface area contributed by atoms with Gasteiger partial charge >= 0.3 is 0 Å². The Morgan fingerprint density at radius 2 is 2.08 bits per heavy atom. The zero-order chi connectivity index (χ0) is 16.9. The highest BCUT2D eigenvalue weighted by molar-refractivity contribution is 5.32. The van der Waals surface area contributed by atoms with Crippen LogP contribution in [-0.2, 0) is 7.05 Å². The average Bonchev–Trinajstić information content (AvgIpc) is 3.02. The summed E-state index contributed by atoms with van der Waals surface area (Å²) in [6.45, 7) is 0.228. The molecule has 0 saturated heterocycles. The van der Waals surface area contributed by atoms with Crippen LogP contribution in [0.25, 0.3) is 0 Å². The second kappa shape index (κ2) is 7.05. The van der Waals surface area contributed by atoms with Crippen molar-refractivity contribution in [1.29, 1.82) is 0 Å². The molecule has 1 unspecified atom stereocenters. The molecule has 124 valence electrons. The lowest BCUT2D eigenvalue weighted by atomic mass is 10.2. The van der Waals surface area contributed by atoms with Crippen molar-refractivity contribution in [3.63, 3.8) is 0 Å². The molecule has 0 bridgehead atoms. The zero-order valence-corrected chi connectivity index (χ0v) is 12.9. The SMILES string of the molecule is Cn1cc(C(O)CNc2nccc(Oc3ccc(F)cc3)n2)cn1. The molecule has 7 nitrogen and oxygen atoms in total. The molecular formula is C16H16FN5O2. The molecule has 3 rings (SSSR count). The number of aromatic nitrogens is 4. The quantitative estimate of drug-likeness (QED) is 0.722. The van der Waals surface area contributed by atoms with Gasteiger partial charge in [0.1, 0.15) is 11.6 Å². The van der Waals surface area contributed by atoms with E-state index in [0.29, 0.717) is 23.1 Å². The summed E-state index contributed by atoms with van der Waals surface area (Å²) < 4.78 is 20.0. The van der Waals surface area contributed by atoms with Gasteiger partial charge in [-0.15, -0.1) is 0 Å². The molecule has 1 aromatic carbocycles. The maximum atomic E-state index is 12.9. The fourth-order valence-corrected chi connectivity index (χ4v) is 2.03. The van der Waals surface area contributed by atoms with Crippen molar-refractivity contribution < 1.29 is 14.2 Å². The van der Waals surface area contributed by atoms with Crippen molar-refractivity contribution in [1.82, 2.24) is 19.7 Å². The number of nitrogens with one attached hydrogen (secondary N) is 1. The van der Waals surface area contributed by atoms with Crippen LogP contribution in [0.2, 0.25) is 0 Å². The summed E-state index contributed by atoms with van der Waals surface area (Å²) >= 11 is 0. The average molecular weight is 329 g/mol. The molecule has 0 saturated carbocycles. The number of anilines is 1. The van der Waals surface area contributed by atoms with Crippen LogP contribution in [0.15, 0.2) is 48.9 Å². The van der Waals surface area contributed by atoms with E-state index < -0.39 is 6.10 Å². The highest BCUT2D eigenvalue weighted by Gasteiger charge is 2.10. The summed E-state index contributed by atoms with van der Waals surface area (Å²) in [5.41, 5.74) is 0.698. The summed E-state index contributed by atoms with van der Waals surface area (Å²) in [6.07, 6.45) is 4.14. The van der Waals surface area contributed by atoms with Gasteiger partial charge in [-0.2, -0.15) is 10.1 Å². The molecule has 0 radical (unpaired) electrons. The predicted molar refractivity (Wildman–Crippen MR) is 85.2 cm³/mol. The topological polar surface area (TPSA) is 85.1 Å². The maximum Gasteiger partial charge on any atom is 0.226 e. The Hall–Kier alpha value is -3.00. The highest BCUT2D eigenvalue weighted by Crippen LogP contribution is 2.20. The van der Waals surface area contributed by atoms with Gasteiger partial charge in [0.15, 0.2) is 0 Å². The molecule has 0 spiro atoms. The van der Waals surface area contributed by atoms with Crippen LogP contribution in [0, 0.1) is 5.82 Å². The minimum absolute atomic E-state index is 0.228. The monoisotopic (exact) mass is 329 g/mol. The molecule has 1 atom stereocenters. The van der Waals surface area contributed by atoms with E-state index in [4.69, 9.17) is 4.74 Å². The van der Waals surface area contributed by atoms with Gasteiger partial charge in [0, 0.05) is 37.6 Å². The fourth-order valence-electron chi connectivity index (χ4n) is 2.03. The third-order valence-corrected chi connectivity index (χ3v) is 3.23. The smallest absolute Gasteiger partial charge is 0.226 e. The number of hydrogen-bond acceptors (Lipinski definition) is 6. The van der Waals surface area contributed by atoms with Gasteiger partial charge < -0.3 is 15.2 Å². The Morgan fingerprint density at radius 1 is 1.29 bits per heavy atom. The van der Waals surface area contributed by atoms with Crippen LogP contribution >= 0.6 is 0 Å². The molecular weight excluding hydrogens is 313 g/mol. The van der Waals surface area contributed by atoms with Crippen molar-refractivity contribution in [2.45, 2.75) is 6.10 Å². The Bertz CT molecular complexity index is 806. The number of aliphatic hydroxyl groups is 1. The standard InChI is InChI=1S/C16H16FN5O2/c1-22-10-11(8-20-22)14(23)9-19-16-18-7-6-15(21-16)24-13-4-2-12(17)3-5-13/h2-8,10,14,23H,9H2,1H3,(H,18,19,21). The zero-order valence-electron chi connectivity index (χ0n) is 12.9. The number of rotatable bonds is 6. The fraction of sp³-hybridized carbons (Fsp3) is 0.188. The van der Waals surface area contributed by atoms with Gasteiger partial charge in [0.05, 0.1) is 12.3 Å². The van der Waals surface area contributed by atoms with E-state index in [1.807, 2.05) is 0 Å². The van der Waals surface area contributed by atoms with E-state index in [9.17, 15) is 9.50 Å². The number of nitrogens with zero attached hydrogens (tertiary/aromatic N) is 4. The van der Waals surface area contributed by atoms with Crippen LogP contribution < -0.4 is 10.1 Å². The van der Waals surface area contributed by atoms with Gasteiger partial charge in [-0.1, -0.05) is 0 Å². The lowest BCUT2D eigenvalue weighted by Gasteiger charge is -2.11. The number of benzene rings is 1. The van der Waals surface area contributed by atoms with Crippen molar-refractivity contribution in [3.8, 4) is 11.6 Å². The number of ether oxygens (including phenoxy) is 1. The number of hydrogen-bond donors (Lipinski definition) is 2. The first-order chi connectivity index (χ1) is 11.6. The highest BCUT2D eigenvalue weighted by atomic mass is 19.1. The van der Waals surface area contributed by atoms with Crippen LogP contribution in [0.5, 0.6) is 11.6 Å². The van der Waals surface area contributed by atoms with E-state index in [1.165, 1.54) is 30.5 Å². The minimum atomic E-state index is -0.732. The number of aryl methyl sites for hydroxylation is 1. The Morgan fingerprint density at radius 3 is 2.79 bits per heavy atom. The Labute approximate surface area is 137 Å². The largest absolute Gasteiger partial charge is 0.439 e.